The molecule has 0 radical (unpaired) electrons. The smallest absolute Gasteiger partial charge is 0.138 e. The predicted octanol–water partition coefficient (Wildman–Crippen LogP) is 2.84. The van der Waals surface area contributed by atoms with Gasteiger partial charge in [0.2, 0.25) is 0 Å². The van der Waals surface area contributed by atoms with Gasteiger partial charge in [-0.15, -0.1) is 0 Å². The molecular formula is C14H15FN4. The van der Waals surface area contributed by atoms with Gasteiger partial charge in [0.25, 0.3) is 0 Å². The van der Waals surface area contributed by atoms with Gasteiger partial charge in [0.1, 0.15) is 17.5 Å². The summed E-state index contributed by atoms with van der Waals surface area (Å²) in [5, 5.41) is 10.4. The van der Waals surface area contributed by atoms with Crippen molar-refractivity contribution in [3.05, 3.63) is 52.7 Å². The van der Waals surface area contributed by atoms with Crippen LogP contribution >= 0.6 is 0 Å². The minimum atomic E-state index is -0.256. The third kappa shape index (κ3) is 3.13. The Hall–Kier alpha value is -2.30. The van der Waals surface area contributed by atoms with E-state index in [1.54, 1.807) is 19.2 Å². The summed E-state index contributed by atoms with van der Waals surface area (Å²) in [6.45, 7) is 4.17. The molecule has 2 N–H and O–H groups in total. The quantitative estimate of drug-likeness (QED) is 0.829. The normalized spacial score (nSPS) is 10.3. The number of anilines is 1. The summed E-state index contributed by atoms with van der Waals surface area (Å²) >= 11 is 0. The summed E-state index contributed by atoms with van der Waals surface area (Å²) < 4.78 is 13.2. The Balaban J connectivity index is 2.20. The van der Waals surface area contributed by atoms with Crippen LogP contribution in [0.4, 0.5) is 10.2 Å². The summed E-state index contributed by atoms with van der Waals surface area (Å²) in [4.78, 5) is 8.28. The Morgan fingerprint density at radius 3 is 2.89 bits per heavy atom. The van der Waals surface area contributed by atoms with Crippen molar-refractivity contribution < 1.29 is 4.39 Å². The van der Waals surface area contributed by atoms with Crippen LogP contribution < -0.4 is 5.32 Å². The van der Waals surface area contributed by atoms with Gasteiger partial charge in [-0.25, -0.2) is 14.4 Å². The Morgan fingerprint density at radius 1 is 1.37 bits per heavy atom. The van der Waals surface area contributed by atoms with E-state index in [9.17, 15) is 4.39 Å². The molecule has 0 fully saturated rings. The minimum Gasteiger partial charge on any atom is -0.365 e. The highest BCUT2D eigenvalue weighted by atomic mass is 19.1. The summed E-state index contributed by atoms with van der Waals surface area (Å²) in [5.74, 6) is 0.962. The van der Waals surface area contributed by atoms with Gasteiger partial charge in [0.15, 0.2) is 0 Å². The molecule has 0 spiro atoms. The third-order valence-electron chi connectivity index (χ3n) is 2.85. The summed E-state index contributed by atoms with van der Waals surface area (Å²) in [6, 6.07) is 4.69. The van der Waals surface area contributed by atoms with Crippen LogP contribution in [0.15, 0.2) is 24.4 Å². The fraction of sp³-hybridized carbons (Fsp3) is 0.214. The Morgan fingerprint density at radius 2 is 2.16 bits per heavy atom. The number of hydrogen-bond acceptors (Lipinski definition) is 4. The molecule has 0 atom stereocenters. The van der Waals surface area contributed by atoms with Crippen molar-refractivity contribution in [2.75, 3.05) is 5.32 Å². The molecule has 0 saturated heterocycles. The van der Waals surface area contributed by atoms with Gasteiger partial charge >= 0.3 is 0 Å². The Bertz CT molecular complexity index is 610. The van der Waals surface area contributed by atoms with Crippen LogP contribution in [0.25, 0.3) is 0 Å². The fourth-order valence-electron chi connectivity index (χ4n) is 1.74. The van der Waals surface area contributed by atoms with E-state index in [0.29, 0.717) is 23.8 Å². The summed E-state index contributed by atoms with van der Waals surface area (Å²) in [7, 11) is 0. The van der Waals surface area contributed by atoms with Gasteiger partial charge < -0.3 is 10.7 Å². The third-order valence-corrected chi connectivity index (χ3v) is 2.85. The summed E-state index contributed by atoms with van der Waals surface area (Å²) in [5.41, 5.74) is 2.49. The summed E-state index contributed by atoms with van der Waals surface area (Å²) in [6.07, 6.45) is 2.79. The molecule has 0 saturated carbocycles. The molecule has 0 amide bonds. The van der Waals surface area contributed by atoms with E-state index in [1.807, 2.05) is 6.92 Å². The molecule has 2 rings (SSSR count). The topological polar surface area (TPSA) is 61.7 Å². The molecule has 1 aromatic heterocycles. The van der Waals surface area contributed by atoms with Crippen molar-refractivity contribution >= 4 is 12.0 Å². The lowest BCUT2D eigenvalue weighted by molar-refractivity contribution is 0.625. The van der Waals surface area contributed by atoms with Gasteiger partial charge in [-0.1, -0.05) is 6.07 Å². The second kappa shape index (κ2) is 5.56. The lowest BCUT2D eigenvalue weighted by atomic mass is 10.1. The van der Waals surface area contributed by atoms with Gasteiger partial charge in [-0.2, -0.15) is 0 Å². The SMILES string of the molecule is Cc1ncc(C=N)c(NCc2cc(F)ccc2C)n1. The highest BCUT2D eigenvalue weighted by molar-refractivity contribution is 5.83. The first-order valence-electron chi connectivity index (χ1n) is 5.93. The van der Waals surface area contributed by atoms with Gasteiger partial charge in [0.05, 0.1) is 5.56 Å². The van der Waals surface area contributed by atoms with Crippen molar-refractivity contribution in [3.63, 3.8) is 0 Å². The van der Waals surface area contributed by atoms with E-state index in [4.69, 9.17) is 5.41 Å². The average Bonchev–Trinajstić information content (AvgIpc) is 2.40. The van der Waals surface area contributed by atoms with E-state index < -0.39 is 0 Å². The zero-order valence-electron chi connectivity index (χ0n) is 10.9. The van der Waals surface area contributed by atoms with Gasteiger partial charge in [-0.3, -0.25) is 0 Å². The highest BCUT2D eigenvalue weighted by Crippen LogP contribution is 2.14. The second-order valence-corrected chi connectivity index (χ2v) is 4.29. The maximum absolute atomic E-state index is 13.2. The van der Waals surface area contributed by atoms with Gasteiger partial charge in [-0.05, 0) is 37.1 Å². The van der Waals surface area contributed by atoms with Crippen LogP contribution in [0.5, 0.6) is 0 Å². The average molecular weight is 258 g/mol. The van der Waals surface area contributed by atoms with Crippen molar-refractivity contribution in [2.45, 2.75) is 20.4 Å². The lowest BCUT2D eigenvalue weighted by Crippen LogP contribution is -2.07. The number of benzene rings is 1. The molecule has 1 aromatic carbocycles. The van der Waals surface area contributed by atoms with Crippen molar-refractivity contribution in [2.24, 2.45) is 0 Å². The van der Waals surface area contributed by atoms with Crippen LogP contribution in [-0.2, 0) is 6.54 Å². The first kappa shape index (κ1) is 13.1. The van der Waals surface area contributed by atoms with Crippen molar-refractivity contribution in [3.8, 4) is 0 Å². The van der Waals surface area contributed by atoms with E-state index in [2.05, 4.69) is 15.3 Å². The number of rotatable bonds is 4. The zero-order valence-corrected chi connectivity index (χ0v) is 10.9. The van der Waals surface area contributed by atoms with Crippen LogP contribution in [0.2, 0.25) is 0 Å². The van der Waals surface area contributed by atoms with E-state index >= 15 is 0 Å². The number of nitrogens with zero attached hydrogens (tertiary/aromatic N) is 2. The maximum Gasteiger partial charge on any atom is 0.138 e. The molecule has 5 heteroatoms. The molecule has 2 aromatic rings. The molecule has 0 bridgehead atoms. The van der Waals surface area contributed by atoms with E-state index in [1.165, 1.54) is 18.3 Å². The monoisotopic (exact) mass is 258 g/mol. The zero-order chi connectivity index (χ0) is 13.8. The maximum atomic E-state index is 13.2. The number of nitrogens with one attached hydrogen (secondary N) is 2. The number of halogens is 1. The molecule has 1 heterocycles. The largest absolute Gasteiger partial charge is 0.365 e. The molecule has 0 aliphatic carbocycles. The first-order chi connectivity index (χ1) is 9.10. The molecular weight excluding hydrogens is 243 g/mol. The predicted molar refractivity (Wildman–Crippen MR) is 73.1 cm³/mol. The molecule has 0 aliphatic rings. The second-order valence-electron chi connectivity index (χ2n) is 4.29. The fourth-order valence-corrected chi connectivity index (χ4v) is 1.74. The number of aryl methyl sites for hydroxylation is 2. The number of aromatic nitrogens is 2. The van der Waals surface area contributed by atoms with Gasteiger partial charge in [0, 0.05) is 19.0 Å². The first-order valence-corrected chi connectivity index (χ1v) is 5.93. The number of hydrogen-bond donors (Lipinski definition) is 2. The van der Waals surface area contributed by atoms with Crippen LogP contribution in [0, 0.1) is 25.1 Å². The molecule has 0 unspecified atom stereocenters. The van der Waals surface area contributed by atoms with Crippen LogP contribution in [-0.4, -0.2) is 16.2 Å². The van der Waals surface area contributed by atoms with Crippen molar-refractivity contribution in [1.29, 1.82) is 5.41 Å². The van der Waals surface area contributed by atoms with E-state index in [0.717, 1.165) is 11.1 Å². The standard InChI is InChI=1S/C14H15FN4/c1-9-3-4-13(15)5-11(9)7-18-14-12(6-16)8-17-10(2)19-14/h3-6,8,16H,7H2,1-2H3,(H,17,18,19). The Kier molecular flexibility index (Phi) is 3.85. The molecule has 98 valence electrons. The van der Waals surface area contributed by atoms with Crippen LogP contribution in [0.3, 0.4) is 0 Å². The molecule has 0 aliphatic heterocycles. The van der Waals surface area contributed by atoms with Crippen LogP contribution in [0.1, 0.15) is 22.5 Å². The minimum absolute atomic E-state index is 0.256. The van der Waals surface area contributed by atoms with Crippen molar-refractivity contribution in [1.82, 2.24) is 9.97 Å². The highest BCUT2D eigenvalue weighted by Gasteiger charge is 2.05. The van der Waals surface area contributed by atoms with E-state index in [-0.39, 0.29) is 5.82 Å². The molecule has 4 nitrogen and oxygen atoms in total. The Labute approximate surface area is 111 Å². The lowest BCUT2D eigenvalue weighted by Gasteiger charge is -2.10. The molecule has 19 heavy (non-hydrogen) atoms.